The van der Waals surface area contributed by atoms with Crippen molar-refractivity contribution < 1.29 is 50.9 Å². The highest BCUT2D eigenvalue weighted by atomic mass is 32.2. The Hall–Kier alpha value is -5.45. The van der Waals surface area contributed by atoms with E-state index in [4.69, 9.17) is 23.9 Å². The lowest BCUT2D eigenvalue weighted by Gasteiger charge is -2.33. The number of carbonyl (C=O) groups excluding carboxylic acids is 4. The van der Waals surface area contributed by atoms with Crippen molar-refractivity contribution in [2.45, 2.75) is 134 Å². The summed E-state index contributed by atoms with van der Waals surface area (Å²) in [6, 6.07) is 12.5. The lowest BCUT2D eigenvalue weighted by atomic mass is 9.88. The van der Waals surface area contributed by atoms with Gasteiger partial charge in [0, 0.05) is 23.3 Å². The van der Waals surface area contributed by atoms with Gasteiger partial charge in [-0.3, -0.25) is 19.1 Å². The van der Waals surface area contributed by atoms with Gasteiger partial charge in [0.1, 0.15) is 52.2 Å². The van der Waals surface area contributed by atoms with E-state index in [1.165, 1.54) is 4.90 Å². The maximum atomic E-state index is 15.1. The number of ether oxygens (including phenoxy) is 4. The molecule has 1 saturated heterocycles. The number of nitrogens with zero attached hydrogens (tertiary/aromatic N) is 2. The summed E-state index contributed by atoms with van der Waals surface area (Å²) in [6.45, 7) is 11.7. The topological polar surface area (TPSA) is 192 Å². The Labute approximate surface area is 380 Å². The maximum Gasteiger partial charge on any atom is 0.408 e. The van der Waals surface area contributed by atoms with Crippen molar-refractivity contribution in [2.24, 2.45) is 17.8 Å². The standard InChI is InChI=1S/C48H62FN5O10S/c1-28(2)62-34-15-13-31(14-16-34)38-23-32-22-35(61-8)17-18-37(32)42(50-38)63-36-24-39-41(55)52-48(44(57)53-65(59,60)47(27-49)19-20-47)25-33(48)12-10-9-11-29(3)21-30(4)40(43(56)54(39)26-36)51-45(58)64-46(5,6)7/h10,12-18,22-23,28-30,33,36,39-40H,9,11,19-21,24-27H2,1-8H3,(H,51,58)(H,52,55)(H,53,57)/b12-10-/t29-,30-,33+,36-,39+,40+,48-/m1/s1. The van der Waals surface area contributed by atoms with Gasteiger partial charge < -0.3 is 34.5 Å². The number of pyridine rings is 1. The number of aromatic nitrogens is 1. The average molecular weight is 920 g/mol. The van der Waals surface area contributed by atoms with Gasteiger partial charge in [-0.25, -0.2) is 22.6 Å². The van der Waals surface area contributed by atoms with Crippen LogP contribution in [0.15, 0.2) is 60.7 Å². The van der Waals surface area contributed by atoms with Gasteiger partial charge in [-0.1, -0.05) is 26.0 Å². The summed E-state index contributed by atoms with van der Waals surface area (Å²) < 4.78 is 64.8. The number of hydrogen-bond acceptors (Lipinski definition) is 11. The minimum Gasteiger partial charge on any atom is -0.497 e. The predicted octanol–water partition coefficient (Wildman–Crippen LogP) is 6.77. The Kier molecular flexibility index (Phi) is 13.5. The first-order valence-corrected chi connectivity index (χ1v) is 24.0. The Morgan fingerprint density at radius 2 is 1.74 bits per heavy atom. The molecule has 7 rings (SSSR count). The van der Waals surface area contributed by atoms with E-state index in [1.54, 1.807) is 33.9 Å². The van der Waals surface area contributed by atoms with Crippen LogP contribution in [0.1, 0.15) is 93.4 Å². The van der Waals surface area contributed by atoms with Crippen LogP contribution in [0.5, 0.6) is 17.4 Å². The third kappa shape index (κ3) is 10.5. The third-order valence-electron chi connectivity index (χ3n) is 12.7. The molecule has 3 heterocycles. The number of amides is 4. The van der Waals surface area contributed by atoms with Crippen LogP contribution in [0.4, 0.5) is 9.18 Å². The second-order valence-electron chi connectivity index (χ2n) is 19.5. The molecule has 0 spiro atoms. The van der Waals surface area contributed by atoms with Crippen molar-refractivity contribution >= 4 is 44.6 Å². The number of benzene rings is 2. The molecule has 0 radical (unpaired) electrons. The van der Waals surface area contributed by atoms with Crippen molar-refractivity contribution in [3.8, 4) is 28.6 Å². The lowest BCUT2D eigenvalue weighted by molar-refractivity contribution is -0.142. The van der Waals surface area contributed by atoms with Gasteiger partial charge in [-0.2, -0.15) is 0 Å². The molecule has 7 atom stereocenters. The van der Waals surface area contributed by atoms with E-state index < -0.39 is 86.4 Å². The number of methoxy groups -OCH3 is 1. The van der Waals surface area contributed by atoms with Crippen LogP contribution in [-0.2, 0) is 29.1 Å². The van der Waals surface area contributed by atoms with Crippen LogP contribution in [0.3, 0.4) is 0 Å². The van der Waals surface area contributed by atoms with Crippen molar-refractivity contribution in [2.75, 3.05) is 20.3 Å². The maximum absolute atomic E-state index is 15.1. The zero-order valence-corrected chi connectivity index (χ0v) is 39.3. The molecular weight excluding hydrogens is 858 g/mol. The normalized spacial score (nSPS) is 27.3. The summed E-state index contributed by atoms with van der Waals surface area (Å²) in [5.74, 6) is -1.57. The fourth-order valence-electron chi connectivity index (χ4n) is 8.89. The summed E-state index contributed by atoms with van der Waals surface area (Å²) in [6.07, 6.45) is 4.15. The zero-order chi connectivity index (χ0) is 47.1. The molecule has 2 saturated carbocycles. The molecule has 352 valence electrons. The van der Waals surface area contributed by atoms with Crippen molar-refractivity contribution in [3.63, 3.8) is 0 Å². The molecule has 15 nitrogen and oxygen atoms in total. The van der Waals surface area contributed by atoms with Gasteiger partial charge in [-0.05, 0) is 139 Å². The van der Waals surface area contributed by atoms with E-state index in [2.05, 4.69) is 22.3 Å². The summed E-state index contributed by atoms with van der Waals surface area (Å²) in [5.41, 5.74) is -1.19. The van der Waals surface area contributed by atoms with Gasteiger partial charge in [0.05, 0.1) is 25.5 Å². The Balaban J connectivity index is 1.26. The number of sulfonamides is 1. The molecule has 3 fully saturated rings. The zero-order valence-electron chi connectivity index (χ0n) is 38.4. The van der Waals surface area contributed by atoms with Crippen LogP contribution in [0.25, 0.3) is 22.0 Å². The summed E-state index contributed by atoms with van der Waals surface area (Å²) in [4.78, 5) is 63.6. The van der Waals surface area contributed by atoms with E-state index >= 15 is 4.79 Å². The summed E-state index contributed by atoms with van der Waals surface area (Å²) >= 11 is 0. The number of rotatable bonds is 11. The molecule has 4 aliphatic rings. The first kappa shape index (κ1) is 47.5. The summed E-state index contributed by atoms with van der Waals surface area (Å²) in [7, 11) is -2.85. The minimum atomic E-state index is -4.42. The van der Waals surface area contributed by atoms with E-state index in [-0.39, 0.29) is 50.1 Å². The smallest absolute Gasteiger partial charge is 0.408 e. The molecule has 17 heteroatoms. The molecule has 0 bridgehead atoms. The largest absolute Gasteiger partial charge is 0.497 e. The van der Waals surface area contributed by atoms with Crippen LogP contribution in [-0.4, -0.2) is 103 Å². The summed E-state index contributed by atoms with van der Waals surface area (Å²) in [5, 5.41) is 7.08. The molecule has 1 aromatic heterocycles. The third-order valence-corrected chi connectivity index (χ3v) is 14.9. The Bertz CT molecular complexity index is 2440. The van der Waals surface area contributed by atoms with E-state index in [1.807, 2.05) is 75.4 Å². The predicted molar refractivity (Wildman–Crippen MR) is 242 cm³/mol. The number of fused-ring (bicyclic) bond motifs is 3. The molecule has 65 heavy (non-hydrogen) atoms. The van der Waals surface area contributed by atoms with Crippen LogP contribution < -0.4 is 29.6 Å². The fraction of sp³-hybridized carbons (Fsp3) is 0.562. The molecule has 2 aliphatic carbocycles. The van der Waals surface area contributed by atoms with Crippen LogP contribution >= 0.6 is 0 Å². The van der Waals surface area contributed by atoms with E-state index in [9.17, 15) is 27.2 Å². The van der Waals surface area contributed by atoms with Crippen LogP contribution in [0, 0.1) is 17.8 Å². The van der Waals surface area contributed by atoms with Gasteiger partial charge in [0.25, 0.3) is 5.91 Å². The number of alkyl carbamates (subject to hydrolysis) is 1. The van der Waals surface area contributed by atoms with Crippen molar-refractivity contribution in [1.29, 1.82) is 0 Å². The molecule has 2 aliphatic heterocycles. The highest BCUT2D eigenvalue weighted by Gasteiger charge is 2.64. The molecule has 3 N–H and O–H groups in total. The number of hydrogen-bond donors (Lipinski definition) is 3. The molecular formula is C48H62FN5O10S. The highest BCUT2D eigenvalue weighted by molar-refractivity contribution is 7.91. The van der Waals surface area contributed by atoms with Gasteiger partial charge in [0.15, 0.2) is 0 Å². The Morgan fingerprint density at radius 3 is 2.38 bits per heavy atom. The van der Waals surface area contributed by atoms with E-state index in [0.29, 0.717) is 41.8 Å². The van der Waals surface area contributed by atoms with E-state index in [0.717, 1.165) is 10.9 Å². The number of halogens is 1. The fourth-order valence-corrected chi connectivity index (χ4v) is 10.3. The number of allylic oxidation sites excluding steroid dienone is 1. The first-order valence-electron chi connectivity index (χ1n) is 22.5. The molecule has 4 amide bonds. The minimum absolute atomic E-state index is 0.0134. The van der Waals surface area contributed by atoms with Gasteiger partial charge >= 0.3 is 6.09 Å². The number of nitrogens with one attached hydrogen (secondary N) is 3. The molecule has 2 aromatic carbocycles. The molecule has 0 unspecified atom stereocenters. The van der Waals surface area contributed by atoms with Gasteiger partial charge in [0.2, 0.25) is 27.7 Å². The van der Waals surface area contributed by atoms with Gasteiger partial charge in [-0.15, -0.1) is 0 Å². The monoisotopic (exact) mass is 919 g/mol. The quantitative estimate of drug-likeness (QED) is 0.172. The van der Waals surface area contributed by atoms with Crippen molar-refractivity contribution in [1.82, 2.24) is 25.2 Å². The SMILES string of the molecule is COc1ccc2c(O[C@@H]3C[C@H]4C(=O)N[C@]5(C(=O)NS(=O)(=O)C6(CF)CC6)C[C@@H]5/C=C\CC[C@@H](C)C[C@@H](C)[C@H](NC(=O)OC(C)(C)C)C(=O)N4C3)nc(-c3ccc(OC(C)C)cc3)cc2c1. The average Bonchev–Trinajstić information content (AvgIpc) is 4.14. The first-order chi connectivity index (χ1) is 30.7. The van der Waals surface area contributed by atoms with Crippen LogP contribution in [0.2, 0.25) is 0 Å². The molecule has 3 aromatic rings. The highest BCUT2D eigenvalue weighted by Crippen LogP contribution is 2.48. The Morgan fingerprint density at radius 1 is 1.03 bits per heavy atom. The van der Waals surface area contributed by atoms with Crippen molar-refractivity contribution in [3.05, 3.63) is 60.7 Å². The number of alkyl halides is 1. The second-order valence-corrected chi connectivity index (χ2v) is 21.6. The second kappa shape index (κ2) is 18.4. The lowest BCUT2D eigenvalue weighted by Crippen LogP contribution is -2.59. The number of carbonyl (C=O) groups is 4.